The minimum atomic E-state index is -0.660. The number of aromatic hydroxyl groups is 1. The standard InChI is InChI=1S/C10H11N5O3/c11-4-3-9-12-10(14-13-9)6-1-2-8(16)7(5-6)15(17)18/h1-2,5,16H,3-4,11H2,(H,12,13,14). The highest BCUT2D eigenvalue weighted by atomic mass is 16.6. The average molecular weight is 249 g/mol. The number of nitro groups is 1. The summed E-state index contributed by atoms with van der Waals surface area (Å²) in [7, 11) is 0. The Kier molecular flexibility index (Phi) is 3.20. The van der Waals surface area contributed by atoms with Gasteiger partial charge in [0.15, 0.2) is 11.6 Å². The molecule has 4 N–H and O–H groups in total. The van der Waals surface area contributed by atoms with Crippen LogP contribution in [0, 0.1) is 10.1 Å². The number of rotatable bonds is 4. The third-order valence-electron chi connectivity index (χ3n) is 2.34. The smallest absolute Gasteiger partial charge is 0.311 e. The summed E-state index contributed by atoms with van der Waals surface area (Å²) in [6, 6.07) is 3.98. The van der Waals surface area contributed by atoms with E-state index in [9.17, 15) is 15.2 Å². The van der Waals surface area contributed by atoms with Crippen LogP contribution in [0.25, 0.3) is 11.4 Å². The van der Waals surface area contributed by atoms with Gasteiger partial charge in [-0.3, -0.25) is 15.2 Å². The first-order valence-corrected chi connectivity index (χ1v) is 5.21. The number of nitro benzene ring substituents is 1. The predicted molar refractivity (Wildman–Crippen MR) is 62.9 cm³/mol. The highest BCUT2D eigenvalue weighted by molar-refractivity contribution is 5.63. The summed E-state index contributed by atoms with van der Waals surface area (Å²) in [4.78, 5) is 14.2. The second-order valence-corrected chi connectivity index (χ2v) is 3.60. The van der Waals surface area contributed by atoms with Gasteiger partial charge in [-0.2, -0.15) is 5.10 Å². The molecule has 8 nitrogen and oxygen atoms in total. The topological polar surface area (TPSA) is 131 Å². The van der Waals surface area contributed by atoms with Crippen LogP contribution in [0.4, 0.5) is 5.69 Å². The third kappa shape index (κ3) is 2.28. The lowest BCUT2D eigenvalue weighted by molar-refractivity contribution is -0.385. The first-order chi connectivity index (χ1) is 8.61. The third-order valence-corrected chi connectivity index (χ3v) is 2.34. The molecule has 1 heterocycles. The van der Waals surface area contributed by atoms with Gasteiger partial charge in [0.1, 0.15) is 5.82 Å². The molecule has 0 unspecified atom stereocenters. The number of nitrogens with one attached hydrogen (secondary N) is 1. The summed E-state index contributed by atoms with van der Waals surface area (Å²) in [6.07, 6.45) is 0.549. The number of H-pyrrole nitrogens is 1. The van der Waals surface area contributed by atoms with E-state index in [-0.39, 0.29) is 11.4 Å². The Labute approximate surface area is 102 Å². The number of phenols is 1. The first kappa shape index (κ1) is 12.0. The summed E-state index contributed by atoms with van der Waals surface area (Å²) >= 11 is 0. The zero-order chi connectivity index (χ0) is 13.1. The van der Waals surface area contributed by atoms with Crippen molar-refractivity contribution < 1.29 is 10.0 Å². The second-order valence-electron chi connectivity index (χ2n) is 3.60. The zero-order valence-corrected chi connectivity index (χ0v) is 9.33. The van der Waals surface area contributed by atoms with Crippen molar-refractivity contribution in [3.8, 4) is 17.1 Å². The van der Waals surface area contributed by atoms with Gasteiger partial charge in [0.25, 0.3) is 0 Å². The molecule has 0 atom stereocenters. The largest absolute Gasteiger partial charge is 0.502 e. The fourth-order valence-electron chi connectivity index (χ4n) is 1.48. The van der Waals surface area contributed by atoms with Crippen molar-refractivity contribution in [3.63, 3.8) is 0 Å². The number of phenolic OH excluding ortho intramolecular Hbond substituents is 1. The zero-order valence-electron chi connectivity index (χ0n) is 9.33. The summed E-state index contributed by atoms with van der Waals surface area (Å²) in [6.45, 7) is 0.435. The number of benzene rings is 1. The minimum Gasteiger partial charge on any atom is -0.502 e. The number of nitrogens with two attached hydrogens (primary N) is 1. The van der Waals surface area contributed by atoms with Crippen molar-refractivity contribution in [2.45, 2.75) is 6.42 Å². The molecule has 1 aromatic heterocycles. The molecule has 94 valence electrons. The predicted octanol–water partition coefficient (Wildman–Crippen LogP) is 0.587. The molecule has 8 heteroatoms. The lowest BCUT2D eigenvalue weighted by Gasteiger charge is -1.98. The lowest BCUT2D eigenvalue weighted by Crippen LogP contribution is -2.03. The van der Waals surface area contributed by atoms with Crippen molar-refractivity contribution in [3.05, 3.63) is 34.1 Å². The molecule has 1 aromatic carbocycles. The van der Waals surface area contributed by atoms with E-state index in [1.165, 1.54) is 18.2 Å². The van der Waals surface area contributed by atoms with Gasteiger partial charge in [0.05, 0.1) is 4.92 Å². The molecule has 2 aromatic rings. The summed E-state index contributed by atoms with van der Waals surface area (Å²) in [5, 5.41) is 26.7. The number of aromatic nitrogens is 3. The quantitative estimate of drug-likeness (QED) is 0.536. The van der Waals surface area contributed by atoms with Crippen LogP contribution in [0.5, 0.6) is 5.75 Å². The van der Waals surface area contributed by atoms with Gasteiger partial charge >= 0.3 is 5.69 Å². The molecule has 0 saturated carbocycles. The first-order valence-electron chi connectivity index (χ1n) is 5.21. The van der Waals surface area contributed by atoms with E-state index in [0.717, 1.165) is 0 Å². The van der Waals surface area contributed by atoms with E-state index in [1.807, 2.05) is 0 Å². The van der Waals surface area contributed by atoms with Crippen molar-refractivity contribution in [2.24, 2.45) is 5.73 Å². The minimum absolute atomic E-state index is 0.335. The highest BCUT2D eigenvalue weighted by Gasteiger charge is 2.16. The molecule has 0 saturated heterocycles. The van der Waals surface area contributed by atoms with E-state index in [0.29, 0.717) is 30.2 Å². The Morgan fingerprint density at radius 2 is 2.28 bits per heavy atom. The van der Waals surface area contributed by atoms with Crippen molar-refractivity contribution in [2.75, 3.05) is 6.54 Å². The van der Waals surface area contributed by atoms with Gasteiger partial charge < -0.3 is 10.8 Å². The second kappa shape index (κ2) is 4.80. The lowest BCUT2D eigenvalue weighted by atomic mass is 10.2. The van der Waals surface area contributed by atoms with Crippen LogP contribution in [0.3, 0.4) is 0 Å². The molecule has 18 heavy (non-hydrogen) atoms. The van der Waals surface area contributed by atoms with Gasteiger partial charge in [0.2, 0.25) is 0 Å². The molecule has 0 radical (unpaired) electrons. The molecule has 2 rings (SSSR count). The van der Waals surface area contributed by atoms with Gasteiger partial charge in [-0.15, -0.1) is 0 Å². The van der Waals surface area contributed by atoms with Crippen molar-refractivity contribution in [1.82, 2.24) is 15.2 Å². The number of aromatic amines is 1. The molecule has 0 aliphatic carbocycles. The summed E-state index contributed by atoms with van der Waals surface area (Å²) in [5.74, 6) is 0.561. The van der Waals surface area contributed by atoms with E-state index < -0.39 is 4.92 Å². The monoisotopic (exact) mass is 249 g/mol. The SMILES string of the molecule is NCCc1nc(-c2ccc(O)c([N+](=O)[O-])c2)n[nH]1. The molecule has 0 aliphatic heterocycles. The number of nitrogens with zero attached hydrogens (tertiary/aromatic N) is 3. The highest BCUT2D eigenvalue weighted by Crippen LogP contribution is 2.29. The van der Waals surface area contributed by atoms with Crippen LogP contribution >= 0.6 is 0 Å². The van der Waals surface area contributed by atoms with Crippen LogP contribution < -0.4 is 5.73 Å². The molecule has 0 spiro atoms. The maximum Gasteiger partial charge on any atom is 0.311 e. The van der Waals surface area contributed by atoms with Gasteiger partial charge in [-0.25, -0.2) is 4.98 Å². The van der Waals surface area contributed by atoms with Crippen LogP contribution in [0.1, 0.15) is 5.82 Å². The molecule has 0 fully saturated rings. The fourth-order valence-corrected chi connectivity index (χ4v) is 1.48. The maximum absolute atomic E-state index is 10.7. The Bertz CT molecular complexity index is 581. The molecular formula is C10H11N5O3. The van der Waals surface area contributed by atoms with E-state index in [2.05, 4.69) is 15.2 Å². The Hall–Kier alpha value is -2.48. The summed E-state index contributed by atoms with van der Waals surface area (Å²) in [5.41, 5.74) is 5.46. The van der Waals surface area contributed by atoms with Crippen LogP contribution in [0.15, 0.2) is 18.2 Å². The van der Waals surface area contributed by atoms with Gasteiger partial charge in [-0.1, -0.05) is 0 Å². The van der Waals surface area contributed by atoms with Crippen LogP contribution in [0.2, 0.25) is 0 Å². The van der Waals surface area contributed by atoms with Gasteiger partial charge in [0, 0.05) is 18.1 Å². The normalized spacial score (nSPS) is 10.5. The molecule has 0 amide bonds. The van der Waals surface area contributed by atoms with E-state index in [1.54, 1.807) is 0 Å². The Balaban J connectivity index is 2.38. The molecular weight excluding hydrogens is 238 g/mol. The molecule has 0 bridgehead atoms. The van der Waals surface area contributed by atoms with Crippen molar-refractivity contribution in [1.29, 1.82) is 0 Å². The Morgan fingerprint density at radius 1 is 1.50 bits per heavy atom. The van der Waals surface area contributed by atoms with Crippen LogP contribution in [-0.4, -0.2) is 31.8 Å². The molecule has 0 aliphatic rings. The number of hydrogen-bond donors (Lipinski definition) is 3. The van der Waals surface area contributed by atoms with Crippen LogP contribution in [-0.2, 0) is 6.42 Å². The van der Waals surface area contributed by atoms with E-state index >= 15 is 0 Å². The maximum atomic E-state index is 10.7. The van der Waals surface area contributed by atoms with Crippen molar-refractivity contribution >= 4 is 5.69 Å². The van der Waals surface area contributed by atoms with E-state index in [4.69, 9.17) is 5.73 Å². The Morgan fingerprint density at radius 3 is 2.94 bits per heavy atom. The van der Waals surface area contributed by atoms with Gasteiger partial charge in [-0.05, 0) is 18.7 Å². The fraction of sp³-hybridized carbons (Fsp3) is 0.200. The summed E-state index contributed by atoms with van der Waals surface area (Å²) < 4.78 is 0. The number of hydrogen-bond acceptors (Lipinski definition) is 6. The average Bonchev–Trinajstić information content (AvgIpc) is 2.78.